The molecule has 1 aromatic rings. The predicted octanol–water partition coefficient (Wildman–Crippen LogP) is 6.82. The van der Waals surface area contributed by atoms with E-state index >= 15 is 0 Å². The maximum absolute atomic E-state index is 4.50. The smallest absolute Gasteiger partial charge is 0.0650 e. The minimum absolute atomic E-state index is 0.475. The molecule has 1 heterocycles. The Morgan fingerprint density at radius 1 is 0.769 bits per heavy atom. The Bertz CT molecular complexity index is 289. The van der Waals surface area contributed by atoms with Crippen LogP contribution in [-0.2, 0) is 0 Å². The molecular weight excluding hydrogens is 313 g/mol. The molecule has 0 spiro atoms. The fraction of sp³-hybridized carbons (Fsp3) is 0.857. The summed E-state index contributed by atoms with van der Waals surface area (Å²) in [6.07, 6.45) is 2.04. The third kappa shape index (κ3) is 43.7. The minimum atomic E-state index is 0.475. The zero-order valence-electron chi connectivity index (χ0n) is 20.6. The fourth-order valence-electron chi connectivity index (χ4n) is 0.948. The van der Waals surface area contributed by atoms with Crippen LogP contribution < -0.4 is 0 Å². The Balaban J connectivity index is -0.0000000823. The van der Waals surface area contributed by atoms with E-state index in [9.17, 15) is 0 Å². The van der Waals surface area contributed by atoms with Crippen molar-refractivity contribution in [2.24, 2.45) is 11.8 Å². The SMILES string of the molecule is CC.CC.CC(C)C.CC(C)C.CC(C)c1ccn(C(C)C)n1.[B][B][B]. The second kappa shape index (κ2) is 29.2. The molecule has 0 aliphatic rings. The van der Waals surface area contributed by atoms with E-state index in [4.69, 9.17) is 0 Å². The molecule has 1 aromatic heterocycles. The second-order valence-electron chi connectivity index (χ2n) is 7.13. The Labute approximate surface area is 171 Å². The Morgan fingerprint density at radius 3 is 1.15 bits per heavy atom. The zero-order valence-corrected chi connectivity index (χ0v) is 20.6. The molecule has 0 aliphatic carbocycles. The van der Waals surface area contributed by atoms with Gasteiger partial charge in [-0.2, -0.15) is 5.10 Å². The predicted molar refractivity (Wildman–Crippen MR) is 128 cm³/mol. The molecule has 0 saturated carbocycles. The van der Waals surface area contributed by atoms with Crippen LogP contribution in [0.25, 0.3) is 0 Å². The molecule has 0 amide bonds. The highest BCUT2D eigenvalue weighted by Gasteiger charge is 2.04. The van der Waals surface area contributed by atoms with E-state index in [0.29, 0.717) is 12.0 Å². The first-order valence-corrected chi connectivity index (χ1v) is 10.3. The quantitative estimate of drug-likeness (QED) is 0.529. The van der Waals surface area contributed by atoms with Crippen LogP contribution in [0.2, 0.25) is 0 Å². The number of hydrogen-bond acceptors (Lipinski definition) is 1. The van der Waals surface area contributed by atoms with Crippen molar-refractivity contribution in [3.8, 4) is 0 Å². The Kier molecular flexibility index (Phi) is 40.8. The summed E-state index contributed by atoms with van der Waals surface area (Å²) in [5.74, 6) is 2.20. The van der Waals surface area contributed by atoms with Gasteiger partial charge in [0.1, 0.15) is 0 Å². The van der Waals surface area contributed by atoms with Gasteiger partial charge in [0.15, 0.2) is 0 Å². The molecule has 0 saturated heterocycles. The molecule has 0 fully saturated rings. The van der Waals surface area contributed by atoms with Gasteiger partial charge in [0.05, 0.1) is 5.69 Å². The average molecular weight is 361 g/mol. The van der Waals surface area contributed by atoms with Crippen LogP contribution in [0, 0.1) is 11.8 Å². The molecule has 0 aliphatic heterocycles. The van der Waals surface area contributed by atoms with Crippen molar-refractivity contribution in [2.45, 2.75) is 109 Å². The van der Waals surface area contributed by atoms with E-state index in [-0.39, 0.29) is 0 Å². The van der Waals surface area contributed by atoms with Gasteiger partial charge in [0, 0.05) is 34.8 Å². The first-order chi connectivity index (χ1) is 12.0. The van der Waals surface area contributed by atoms with Crippen LogP contribution in [0.3, 0.4) is 0 Å². The van der Waals surface area contributed by atoms with E-state index in [0.717, 1.165) is 18.9 Å². The van der Waals surface area contributed by atoms with Crippen LogP contribution in [0.1, 0.15) is 115 Å². The second-order valence-corrected chi connectivity index (χ2v) is 7.13. The van der Waals surface area contributed by atoms with Gasteiger partial charge in [0.2, 0.25) is 0 Å². The van der Waals surface area contributed by atoms with Gasteiger partial charge in [-0.3, -0.25) is 4.68 Å². The molecule has 26 heavy (non-hydrogen) atoms. The molecule has 2 nitrogen and oxygen atoms in total. The van der Waals surface area contributed by atoms with Gasteiger partial charge in [-0.25, -0.2) is 0 Å². The highest BCUT2D eigenvalue weighted by atomic mass is 15.3. The van der Waals surface area contributed by atoms with Crippen LogP contribution in [-0.4, -0.2) is 32.3 Å². The molecule has 5 radical (unpaired) electrons. The Morgan fingerprint density at radius 2 is 1.04 bits per heavy atom. The lowest BCUT2D eigenvalue weighted by molar-refractivity contribution is 0.523. The molecule has 1 rings (SSSR count). The van der Waals surface area contributed by atoms with Crippen LogP contribution in [0.15, 0.2) is 12.3 Å². The number of rotatable bonds is 2. The van der Waals surface area contributed by atoms with E-state index in [1.165, 1.54) is 5.69 Å². The summed E-state index contributed by atoms with van der Waals surface area (Å²) in [5, 5.41) is 4.43. The standard InChI is InChI=1S/C9H16N2.2C4H10.2C2H6.B3/c1-7(2)9-5-6-11(10-9)8(3)4;2*1-4(2)3;2*1-2;1-3-2/h5-8H,1-4H3;2*4H,1-3H3;2*1-2H3;. The largest absolute Gasteiger partial charge is 0.270 e. The van der Waals surface area contributed by atoms with Crippen molar-refractivity contribution < 1.29 is 0 Å². The topological polar surface area (TPSA) is 17.8 Å². The van der Waals surface area contributed by atoms with Gasteiger partial charge >= 0.3 is 0 Å². The first-order valence-electron chi connectivity index (χ1n) is 10.3. The lowest BCUT2D eigenvalue weighted by atomic mass is 9.40. The third-order valence-electron chi connectivity index (χ3n) is 1.75. The lowest BCUT2D eigenvalue weighted by Gasteiger charge is -2.04. The molecule has 0 N–H and O–H groups in total. The summed E-state index contributed by atoms with van der Waals surface area (Å²) in [6, 6.07) is 2.56. The normalized spacial score (nSPS) is 8.54. The summed E-state index contributed by atoms with van der Waals surface area (Å²) >= 11 is 0. The van der Waals surface area contributed by atoms with Crippen molar-refractivity contribution in [1.82, 2.24) is 9.78 Å². The lowest BCUT2D eigenvalue weighted by Crippen LogP contribution is -2.02. The molecule has 151 valence electrons. The van der Waals surface area contributed by atoms with Gasteiger partial charge in [-0.05, 0) is 37.7 Å². The maximum Gasteiger partial charge on any atom is 0.0650 e. The van der Waals surface area contributed by atoms with Gasteiger partial charge < -0.3 is 0 Å². The highest BCUT2D eigenvalue weighted by molar-refractivity contribution is 7.17. The van der Waals surface area contributed by atoms with E-state index in [1.54, 1.807) is 0 Å². The third-order valence-corrected chi connectivity index (χ3v) is 1.75. The molecule has 0 aromatic carbocycles. The summed E-state index contributed by atoms with van der Waals surface area (Å²) in [4.78, 5) is 0. The molecular formula is C21H48B3N2. The minimum Gasteiger partial charge on any atom is -0.270 e. The zero-order chi connectivity index (χ0) is 22.3. The summed E-state index contributed by atoms with van der Waals surface area (Å²) in [6.45, 7) is 29.6. The fourth-order valence-corrected chi connectivity index (χ4v) is 0.948. The monoisotopic (exact) mass is 361 g/mol. The van der Waals surface area contributed by atoms with Crippen molar-refractivity contribution >= 4 is 22.5 Å². The Hall–Kier alpha value is -0.595. The molecule has 0 unspecified atom stereocenters. The van der Waals surface area contributed by atoms with E-state index in [2.05, 4.69) is 95.9 Å². The number of aromatic nitrogens is 2. The van der Waals surface area contributed by atoms with Crippen molar-refractivity contribution in [3.05, 3.63) is 18.0 Å². The van der Waals surface area contributed by atoms with Gasteiger partial charge in [-0.1, -0.05) is 83.1 Å². The molecule has 5 heteroatoms. The highest BCUT2D eigenvalue weighted by Crippen LogP contribution is 2.12. The van der Waals surface area contributed by atoms with Crippen LogP contribution in [0.5, 0.6) is 0 Å². The first kappa shape index (κ1) is 36.3. The van der Waals surface area contributed by atoms with Gasteiger partial charge in [-0.15, -0.1) is 0 Å². The summed E-state index contributed by atoms with van der Waals surface area (Å²) in [7, 11) is 10.0. The van der Waals surface area contributed by atoms with Crippen LogP contribution in [0.4, 0.5) is 0 Å². The molecule has 0 atom stereocenters. The summed E-state index contributed by atoms with van der Waals surface area (Å²) in [5.41, 5.74) is 1.18. The van der Waals surface area contributed by atoms with Crippen molar-refractivity contribution in [2.75, 3.05) is 0 Å². The maximum atomic E-state index is 4.50. The number of nitrogens with zero attached hydrogens (tertiary/aromatic N) is 2. The van der Waals surface area contributed by atoms with Crippen molar-refractivity contribution in [3.63, 3.8) is 0 Å². The average Bonchev–Trinajstić information content (AvgIpc) is 3.01. The van der Waals surface area contributed by atoms with E-state index in [1.807, 2.05) is 38.6 Å². The molecule has 0 bridgehead atoms. The number of hydrogen-bond donors (Lipinski definition) is 0. The van der Waals surface area contributed by atoms with E-state index < -0.39 is 0 Å². The van der Waals surface area contributed by atoms with Gasteiger partial charge in [0.25, 0.3) is 0 Å². The van der Waals surface area contributed by atoms with Crippen LogP contribution >= 0.6 is 0 Å². The van der Waals surface area contributed by atoms with Crippen molar-refractivity contribution in [1.29, 1.82) is 0 Å². The summed E-state index contributed by atoms with van der Waals surface area (Å²) < 4.78 is 2.00.